The number of para-hydroxylation sites is 1. The van der Waals surface area contributed by atoms with Crippen LogP contribution in [0.3, 0.4) is 0 Å². The third kappa shape index (κ3) is 4.74. The summed E-state index contributed by atoms with van der Waals surface area (Å²) in [5.41, 5.74) is 9.59. The Morgan fingerprint density at radius 3 is 2.04 bits per heavy atom. The van der Waals surface area contributed by atoms with Gasteiger partial charge in [-0.25, -0.2) is 0 Å². The maximum atomic E-state index is 2.43. The Kier molecular flexibility index (Phi) is 6.57. The molecular weight excluding hydrogens is 569 g/mol. The van der Waals surface area contributed by atoms with Crippen molar-refractivity contribution in [2.24, 2.45) is 0 Å². The lowest BCUT2D eigenvalue weighted by atomic mass is 10.0. The van der Waals surface area contributed by atoms with Gasteiger partial charge in [-0.05, 0) is 82.3 Å². The van der Waals surface area contributed by atoms with E-state index in [4.69, 9.17) is 0 Å². The van der Waals surface area contributed by atoms with Crippen molar-refractivity contribution >= 4 is 60.3 Å². The van der Waals surface area contributed by atoms with Gasteiger partial charge < -0.3 is 9.47 Å². The van der Waals surface area contributed by atoms with Gasteiger partial charge in [-0.15, -0.1) is 0 Å². The lowest BCUT2D eigenvalue weighted by Gasteiger charge is -2.27. The van der Waals surface area contributed by atoms with Gasteiger partial charge in [-0.2, -0.15) is 0 Å². The van der Waals surface area contributed by atoms with E-state index in [0.717, 1.165) is 29.2 Å². The highest BCUT2D eigenvalue weighted by Crippen LogP contribution is 2.39. The van der Waals surface area contributed by atoms with Crippen molar-refractivity contribution in [3.63, 3.8) is 0 Å². The number of benzene rings is 7. The zero-order chi connectivity index (χ0) is 31.2. The summed E-state index contributed by atoms with van der Waals surface area (Å²) in [6, 6.07) is 57.0. The quantitative estimate of drug-likeness (QED) is 0.191. The molecule has 0 saturated heterocycles. The number of anilines is 2. The van der Waals surface area contributed by atoms with Crippen LogP contribution in [-0.2, 0) is 0 Å². The Morgan fingerprint density at radius 1 is 0.511 bits per heavy atom. The minimum atomic E-state index is 0.850. The summed E-state index contributed by atoms with van der Waals surface area (Å²) >= 11 is 0. The van der Waals surface area contributed by atoms with Crippen LogP contribution in [0.2, 0.25) is 0 Å². The van der Waals surface area contributed by atoms with Gasteiger partial charge in [0.1, 0.15) is 0 Å². The number of hydrogen-bond donors (Lipinski definition) is 0. The minimum absolute atomic E-state index is 0.850. The molecule has 2 heteroatoms. The fraction of sp³-hybridized carbons (Fsp3) is 0.0222. The molecule has 47 heavy (non-hydrogen) atoms. The van der Waals surface area contributed by atoms with Crippen molar-refractivity contribution in [1.82, 2.24) is 4.57 Å². The number of aromatic nitrogens is 1. The summed E-state index contributed by atoms with van der Waals surface area (Å²) in [6.45, 7) is 0. The predicted octanol–water partition coefficient (Wildman–Crippen LogP) is 12.2. The minimum Gasteiger partial charge on any atom is -0.311 e. The van der Waals surface area contributed by atoms with Crippen LogP contribution >= 0.6 is 0 Å². The highest BCUT2D eigenvalue weighted by atomic mass is 15.1. The molecular formula is C45H32N2. The molecule has 0 atom stereocenters. The van der Waals surface area contributed by atoms with E-state index in [1.807, 2.05) is 0 Å². The summed E-state index contributed by atoms with van der Waals surface area (Å²) in [6.07, 6.45) is 9.87. The van der Waals surface area contributed by atoms with Gasteiger partial charge in [0.25, 0.3) is 0 Å². The Labute approximate surface area is 274 Å². The average molecular weight is 601 g/mol. The molecule has 0 N–H and O–H groups in total. The number of hydrogen-bond acceptors (Lipinski definition) is 1. The summed E-state index contributed by atoms with van der Waals surface area (Å²) in [5.74, 6) is 0. The second-order valence-corrected chi connectivity index (χ2v) is 12.2. The molecule has 0 bridgehead atoms. The first-order valence-electron chi connectivity index (χ1n) is 16.2. The topological polar surface area (TPSA) is 8.17 Å². The molecule has 9 rings (SSSR count). The Morgan fingerprint density at radius 2 is 1.19 bits per heavy atom. The molecule has 1 aliphatic rings. The van der Waals surface area contributed by atoms with E-state index in [9.17, 15) is 0 Å². The lowest BCUT2D eigenvalue weighted by molar-refractivity contribution is 1.16. The molecule has 0 fully saturated rings. The molecule has 222 valence electrons. The van der Waals surface area contributed by atoms with Gasteiger partial charge in [-0.3, -0.25) is 0 Å². The monoisotopic (exact) mass is 600 g/mol. The summed E-state index contributed by atoms with van der Waals surface area (Å²) in [4.78, 5) is 2.38. The van der Waals surface area contributed by atoms with Crippen molar-refractivity contribution in [3.8, 4) is 5.69 Å². The molecule has 8 aromatic rings. The Hall–Kier alpha value is -6.12. The van der Waals surface area contributed by atoms with Gasteiger partial charge in [0.15, 0.2) is 0 Å². The molecule has 1 aromatic heterocycles. The normalized spacial score (nSPS) is 13.2. The smallest absolute Gasteiger partial charge is 0.0619 e. The van der Waals surface area contributed by atoms with Crippen LogP contribution in [0.15, 0.2) is 188 Å². The number of nitrogens with zero attached hydrogens (tertiary/aromatic N) is 2. The van der Waals surface area contributed by atoms with Crippen LogP contribution in [0, 0.1) is 0 Å². The number of fused-ring (bicyclic) bond motifs is 6. The van der Waals surface area contributed by atoms with Crippen molar-refractivity contribution in [3.05, 3.63) is 193 Å². The standard InChI is InChI=1S/C45H32N2/c1-2-11-32(12-3-1)33-16-10-17-37(24-21-33)46(40-25-22-34-13-4-5-15-36(34)31-40)38-26-28-39(29-27-38)47-44-20-9-8-19-42(44)43-30-23-35-14-6-7-18-41(35)45(43)47/h1-20,22-31H,21H2. The third-order valence-corrected chi connectivity index (χ3v) is 9.41. The van der Waals surface area contributed by atoms with Gasteiger partial charge in [0, 0.05) is 38.9 Å². The largest absolute Gasteiger partial charge is 0.311 e. The highest BCUT2D eigenvalue weighted by molar-refractivity contribution is 6.18. The average Bonchev–Trinajstić information content (AvgIpc) is 3.29. The van der Waals surface area contributed by atoms with E-state index in [1.54, 1.807) is 0 Å². The molecule has 0 spiro atoms. The summed E-state index contributed by atoms with van der Waals surface area (Å²) in [7, 11) is 0. The van der Waals surface area contributed by atoms with Gasteiger partial charge >= 0.3 is 0 Å². The van der Waals surface area contributed by atoms with Crippen LogP contribution in [-0.4, -0.2) is 4.57 Å². The Balaban J connectivity index is 1.19. The fourth-order valence-electron chi connectivity index (χ4n) is 7.16. The molecule has 0 aliphatic heterocycles. The molecule has 0 radical (unpaired) electrons. The summed E-state index contributed by atoms with van der Waals surface area (Å²) in [5, 5.41) is 7.52. The van der Waals surface area contributed by atoms with Crippen molar-refractivity contribution in [1.29, 1.82) is 0 Å². The molecule has 1 heterocycles. The molecule has 0 saturated carbocycles. The predicted molar refractivity (Wildman–Crippen MR) is 201 cm³/mol. The first-order chi connectivity index (χ1) is 23.3. The van der Waals surface area contributed by atoms with Gasteiger partial charge in [0.2, 0.25) is 0 Å². The van der Waals surface area contributed by atoms with E-state index in [1.165, 1.54) is 54.5 Å². The second kappa shape index (κ2) is 11.3. The maximum absolute atomic E-state index is 2.43. The van der Waals surface area contributed by atoms with Crippen LogP contribution in [0.1, 0.15) is 12.0 Å². The number of allylic oxidation sites excluding steroid dienone is 5. The highest BCUT2D eigenvalue weighted by Gasteiger charge is 2.18. The van der Waals surface area contributed by atoms with Crippen LogP contribution in [0.5, 0.6) is 0 Å². The van der Waals surface area contributed by atoms with E-state index < -0.39 is 0 Å². The van der Waals surface area contributed by atoms with Crippen molar-refractivity contribution in [2.75, 3.05) is 4.90 Å². The fourth-order valence-corrected chi connectivity index (χ4v) is 7.16. The van der Waals surface area contributed by atoms with E-state index >= 15 is 0 Å². The second-order valence-electron chi connectivity index (χ2n) is 12.2. The zero-order valence-corrected chi connectivity index (χ0v) is 25.9. The maximum Gasteiger partial charge on any atom is 0.0619 e. The van der Waals surface area contributed by atoms with Crippen LogP contribution in [0.4, 0.5) is 11.4 Å². The van der Waals surface area contributed by atoms with Crippen LogP contribution in [0.25, 0.3) is 54.6 Å². The van der Waals surface area contributed by atoms with Crippen molar-refractivity contribution < 1.29 is 0 Å². The zero-order valence-electron chi connectivity index (χ0n) is 25.9. The van der Waals surface area contributed by atoms with E-state index in [0.29, 0.717) is 0 Å². The van der Waals surface area contributed by atoms with Gasteiger partial charge in [-0.1, -0.05) is 133 Å². The molecule has 0 unspecified atom stereocenters. The molecule has 7 aromatic carbocycles. The SMILES string of the molecule is C1=CC(N(c2ccc(-n3c4ccccc4c4ccc5ccccc5c43)cc2)c2ccc3ccccc3c2)=CCC(c2ccccc2)=C1. The molecule has 1 aliphatic carbocycles. The molecule has 2 nitrogen and oxygen atoms in total. The van der Waals surface area contributed by atoms with E-state index in [2.05, 4.69) is 191 Å². The third-order valence-electron chi connectivity index (χ3n) is 9.41. The van der Waals surface area contributed by atoms with Gasteiger partial charge in [0.05, 0.1) is 11.0 Å². The first kappa shape index (κ1) is 27.2. The Bertz CT molecular complexity index is 2530. The lowest BCUT2D eigenvalue weighted by Crippen LogP contribution is -2.15. The number of rotatable bonds is 5. The first-order valence-corrected chi connectivity index (χ1v) is 16.2. The van der Waals surface area contributed by atoms with E-state index in [-0.39, 0.29) is 0 Å². The van der Waals surface area contributed by atoms with Crippen LogP contribution < -0.4 is 4.90 Å². The van der Waals surface area contributed by atoms with Crippen molar-refractivity contribution in [2.45, 2.75) is 6.42 Å². The molecule has 0 amide bonds. The summed E-state index contributed by atoms with van der Waals surface area (Å²) < 4.78 is 2.43.